The maximum Gasteiger partial charge on any atom is 0.245 e. The summed E-state index contributed by atoms with van der Waals surface area (Å²) in [6.45, 7) is 5.81. The van der Waals surface area contributed by atoms with E-state index in [4.69, 9.17) is 5.11 Å². The number of thiophene rings is 1. The Morgan fingerprint density at radius 1 is 1.65 bits per heavy atom. The Hall–Kier alpha value is -0.210. The molecule has 1 aromatic rings. The van der Waals surface area contributed by atoms with Gasteiger partial charge in [0.1, 0.15) is 4.90 Å². The first-order valence-corrected chi connectivity index (χ1v) is 8.02. The fraction of sp³-hybridized carbons (Fsp3) is 0.400. The molecule has 0 aliphatic rings. The summed E-state index contributed by atoms with van der Waals surface area (Å²) in [4.78, 5) is 0.820. The monoisotopic (exact) mass is 339 g/mol. The molecular weight excluding hydrogens is 326 g/mol. The molecule has 0 aliphatic carbocycles. The van der Waals surface area contributed by atoms with Gasteiger partial charge in [0, 0.05) is 18.0 Å². The normalized spacial score (nSPS) is 12.0. The van der Waals surface area contributed by atoms with Crippen LogP contribution in [0.25, 0.3) is 0 Å². The number of halogens is 1. The lowest BCUT2D eigenvalue weighted by molar-refractivity contribution is 0.285. The van der Waals surface area contributed by atoms with E-state index in [0.717, 1.165) is 0 Å². The molecule has 1 rings (SSSR count). The highest BCUT2D eigenvalue weighted by molar-refractivity contribution is 9.11. The number of rotatable bonds is 6. The van der Waals surface area contributed by atoms with E-state index >= 15 is 0 Å². The van der Waals surface area contributed by atoms with Crippen molar-refractivity contribution in [3.8, 4) is 0 Å². The van der Waals surface area contributed by atoms with Crippen LogP contribution < -0.4 is 0 Å². The van der Waals surface area contributed by atoms with Gasteiger partial charge in [-0.2, -0.15) is 4.31 Å². The Bertz CT molecular complexity index is 496. The summed E-state index contributed by atoms with van der Waals surface area (Å²) in [5, 5.41) is 9.01. The molecule has 1 N–H and O–H groups in total. The molecule has 0 unspecified atom stereocenters. The van der Waals surface area contributed by atoms with Crippen molar-refractivity contribution in [1.29, 1.82) is 0 Å². The van der Waals surface area contributed by atoms with E-state index in [1.807, 2.05) is 0 Å². The number of hydrogen-bond acceptors (Lipinski definition) is 4. The lowest BCUT2D eigenvalue weighted by atomic mass is 10.5. The molecule has 4 nitrogen and oxygen atoms in total. The summed E-state index contributed by atoms with van der Waals surface area (Å²) in [5.41, 5.74) is 0. The second-order valence-corrected chi connectivity index (χ2v) is 7.61. The SMILES string of the molecule is C=CCN(CC)S(=O)(=O)c1cc(CO)sc1Br. The summed E-state index contributed by atoms with van der Waals surface area (Å²) in [5.74, 6) is 0. The van der Waals surface area contributed by atoms with Crippen molar-refractivity contribution in [3.05, 3.63) is 27.4 Å². The van der Waals surface area contributed by atoms with Crippen LogP contribution in [0.2, 0.25) is 0 Å². The van der Waals surface area contributed by atoms with Gasteiger partial charge in [0.15, 0.2) is 0 Å². The third-order valence-corrected chi connectivity index (χ3v) is 6.34. The molecule has 1 heterocycles. The Balaban J connectivity index is 3.19. The van der Waals surface area contributed by atoms with Crippen molar-refractivity contribution in [2.45, 2.75) is 18.4 Å². The summed E-state index contributed by atoms with van der Waals surface area (Å²) in [7, 11) is -3.52. The minimum Gasteiger partial charge on any atom is -0.391 e. The molecule has 0 saturated heterocycles. The largest absolute Gasteiger partial charge is 0.391 e. The van der Waals surface area contributed by atoms with Gasteiger partial charge in [-0.1, -0.05) is 13.0 Å². The second kappa shape index (κ2) is 6.10. The van der Waals surface area contributed by atoms with Crippen LogP contribution in [0.5, 0.6) is 0 Å². The van der Waals surface area contributed by atoms with E-state index in [9.17, 15) is 8.42 Å². The third kappa shape index (κ3) is 3.17. The van der Waals surface area contributed by atoms with Crippen molar-refractivity contribution < 1.29 is 13.5 Å². The van der Waals surface area contributed by atoms with E-state index in [-0.39, 0.29) is 18.0 Å². The van der Waals surface area contributed by atoms with Crippen LogP contribution >= 0.6 is 27.3 Å². The van der Waals surface area contributed by atoms with E-state index < -0.39 is 10.0 Å². The fourth-order valence-electron chi connectivity index (χ4n) is 1.33. The summed E-state index contributed by atoms with van der Waals surface area (Å²) >= 11 is 4.44. The van der Waals surface area contributed by atoms with Gasteiger partial charge in [0.05, 0.1) is 10.4 Å². The summed E-state index contributed by atoms with van der Waals surface area (Å²) in [6.07, 6.45) is 1.55. The number of nitrogens with zero attached hydrogens (tertiary/aromatic N) is 1. The fourth-order valence-corrected chi connectivity index (χ4v) is 5.24. The Labute approximate surface area is 114 Å². The molecule has 0 aliphatic heterocycles. The van der Waals surface area contributed by atoms with Crippen LogP contribution in [0.15, 0.2) is 27.4 Å². The van der Waals surface area contributed by atoms with Gasteiger partial charge in [-0.25, -0.2) is 8.42 Å². The van der Waals surface area contributed by atoms with Crippen LogP contribution in [0.1, 0.15) is 11.8 Å². The van der Waals surface area contributed by atoms with Crippen molar-refractivity contribution in [3.63, 3.8) is 0 Å². The van der Waals surface area contributed by atoms with Crippen molar-refractivity contribution in [1.82, 2.24) is 4.31 Å². The number of sulfonamides is 1. The van der Waals surface area contributed by atoms with Gasteiger partial charge >= 0.3 is 0 Å². The molecule has 17 heavy (non-hydrogen) atoms. The molecule has 0 bridgehead atoms. The molecule has 7 heteroatoms. The quantitative estimate of drug-likeness (QED) is 0.808. The highest BCUT2D eigenvalue weighted by Crippen LogP contribution is 2.33. The van der Waals surface area contributed by atoms with Crippen LogP contribution in [-0.4, -0.2) is 30.9 Å². The van der Waals surface area contributed by atoms with E-state index in [2.05, 4.69) is 22.5 Å². The molecule has 0 aromatic carbocycles. The smallest absolute Gasteiger partial charge is 0.245 e. The molecule has 0 fully saturated rings. The maximum atomic E-state index is 12.3. The van der Waals surface area contributed by atoms with Gasteiger partial charge in [-0.3, -0.25) is 0 Å². The molecule has 0 saturated carbocycles. The van der Waals surface area contributed by atoms with Crippen LogP contribution in [0, 0.1) is 0 Å². The van der Waals surface area contributed by atoms with Gasteiger partial charge in [0.2, 0.25) is 10.0 Å². The van der Waals surface area contributed by atoms with Gasteiger partial charge in [-0.15, -0.1) is 17.9 Å². The van der Waals surface area contributed by atoms with Crippen molar-refractivity contribution >= 4 is 37.3 Å². The first-order chi connectivity index (χ1) is 7.97. The molecule has 0 amide bonds. The average molecular weight is 340 g/mol. The second-order valence-electron chi connectivity index (χ2n) is 3.25. The Kier molecular flexibility index (Phi) is 5.33. The molecule has 0 radical (unpaired) electrons. The topological polar surface area (TPSA) is 57.6 Å². The van der Waals surface area contributed by atoms with Crippen LogP contribution in [0.4, 0.5) is 0 Å². The zero-order valence-corrected chi connectivity index (χ0v) is 12.6. The minimum absolute atomic E-state index is 0.160. The molecular formula is C10H14BrNO3S2. The molecule has 0 atom stereocenters. The van der Waals surface area contributed by atoms with Crippen molar-refractivity contribution in [2.24, 2.45) is 0 Å². The first kappa shape index (κ1) is 14.8. The third-order valence-electron chi connectivity index (χ3n) is 2.17. The van der Waals surface area contributed by atoms with Crippen LogP contribution in [0.3, 0.4) is 0 Å². The minimum atomic E-state index is -3.52. The number of aliphatic hydroxyl groups is 1. The zero-order chi connectivity index (χ0) is 13.1. The predicted molar refractivity (Wildman–Crippen MR) is 72.6 cm³/mol. The van der Waals surface area contributed by atoms with Crippen molar-refractivity contribution in [2.75, 3.05) is 13.1 Å². The first-order valence-electron chi connectivity index (χ1n) is 4.97. The number of likely N-dealkylation sites (N-methyl/N-ethyl adjacent to an activating group) is 1. The summed E-state index contributed by atoms with van der Waals surface area (Å²) in [6, 6.07) is 1.50. The Morgan fingerprint density at radius 3 is 2.71 bits per heavy atom. The highest BCUT2D eigenvalue weighted by atomic mass is 79.9. The zero-order valence-electron chi connectivity index (χ0n) is 9.39. The molecule has 1 aromatic heterocycles. The molecule has 96 valence electrons. The number of hydrogen-bond donors (Lipinski definition) is 1. The Morgan fingerprint density at radius 2 is 2.29 bits per heavy atom. The lowest BCUT2D eigenvalue weighted by Gasteiger charge is -2.18. The predicted octanol–water partition coefficient (Wildman–Crippen LogP) is 2.20. The van der Waals surface area contributed by atoms with Gasteiger partial charge in [0.25, 0.3) is 0 Å². The standard InChI is InChI=1S/C10H14BrNO3S2/c1-3-5-12(4-2)17(14,15)9-6-8(7-13)16-10(9)11/h3,6,13H,1,4-5,7H2,2H3. The molecule has 0 spiro atoms. The maximum absolute atomic E-state index is 12.3. The van der Waals surface area contributed by atoms with Gasteiger partial charge < -0.3 is 5.11 Å². The average Bonchev–Trinajstić information content (AvgIpc) is 2.67. The summed E-state index contributed by atoms with van der Waals surface area (Å²) < 4.78 is 26.4. The lowest BCUT2D eigenvalue weighted by Crippen LogP contribution is -2.30. The van der Waals surface area contributed by atoms with E-state index in [1.54, 1.807) is 13.0 Å². The number of aliphatic hydroxyl groups excluding tert-OH is 1. The van der Waals surface area contributed by atoms with Crippen LogP contribution in [-0.2, 0) is 16.6 Å². The van der Waals surface area contributed by atoms with E-state index in [0.29, 0.717) is 15.2 Å². The van der Waals surface area contributed by atoms with Gasteiger partial charge in [-0.05, 0) is 22.0 Å². The highest BCUT2D eigenvalue weighted by Gasteiger charge is 2.26. The van der Waals surface area contributed by atoms with E-state index in [1.165, 1.54) is 21.7 Å².